The number of anilines is 1. The fourth-order valence-electron chi connectivity index (χ4n) is 3.45. The van der Waals surface area contributed by atoms with Crippen LogP contribution in [0.5, 0.6) is 0 Å². The van der Waals surface area contributed by atoms with Crippen LogP contribution >= 0.6 is 11.8 Å². The minimum Gasteiger partial charge on any atom is -0.379 e. The number of fused-ring (bicyclic) bond motifs is 1. The normalized spacial score (nSPS) is 25.6. The smallest absolute Gasteiger partial charge is 0.225 e. The predicted molar refractivity (Wildman–Crippen MR) is 94.9 cm³/mol. The molecule has 9 heteroatoms. The monoisotopic (exact) mass is 359 g/mol. The standard InChI is InChI=1S/C16H18FN7S/c1-2-12-11(17)5-21-15(22-12)24-7-10-8-25-14(18)23-16(10,9-24)13-6-19-3-4-20-13/h3-6,10H,2,7-9H2,1H3,(H2,18,23)/t10-,16-/m0/s1. The first-order valence-electron chi connectivity index (χ1n) is 8.13. The van der Waals surface area contributed by atoms with Crippen molar-refractivity contribution in [1.82, 2.24) is 19.9 Å². The summed E-state index contributed by atoms with van der Waals surface area (Å²) in [5, 5.41) is 0.554. The van der Waals surface area contributed by atoms with Crippen LogP contribution in [0.4, 0.5) is 10.3 Å². The number of amidine groups is 1. The number of hydrogen-bond donors (Lipinski definition) is 1. The Morgan fingerprint density at radius 1 is 1.36 bits per heavy atom. The zero-order valence-corrected chi connectivity index (χ0v) is 14.6. The average Bonchev–Trinajstić information content (AvgIpc) is 3.03. The van der Waals surface area contributed by atoms with Crippen molar-refractivity contribution in [2.24, 2.45) is 16.6 Å². The van der Waals surface area contributed by atoms with Gasteiger partial charge in [0.15, 0.2) is 11.0 Å². The fraction of sp³-hybridized carbons (Fsp3) is 0.438. The van der Waals surface area contributed by atoms with E-state index in [1.165, 1.54) is 6.20 Å². The molecule has 0 amide bonds. The lowest BCUT2D eigenvalue weighted by Gasteiger charge is -2.33. The van der Waals surface area contributed by atoms with Crippen LogP contribution in [0.25, 0.3) is 0 Å². The van der Waals surface area contributed by atoms with E-state index in [0.717, 1.165) is 18.0 Å². The zero-order chi connectivity index (χ0) is 17.4. The molecule has 0 saturated carbocycles. The molecule has 130 valence electrons. The SMILES string of the molecule is CCc1nc(N2C[C@H]3CSC(N)=N[C@@]3(c3cnccn3)C2)ncc1F. The molecule has 2 aromatic rings. The van der Waals surface area contributed by atoms with Gasteiger partial charge < -0.3 is 10.6 Å². The van der Waals surface area contributed by atoms with E-state index in [4.69, 9.17) is 10.7 Å². The van der Waals surface area contributed by atoms with Crippen molar-refractivity contribution in [3.63, 3.8) is 0 Å². The van der Waals surface area contributed by atoms with E-state index in [2.05, 4.69) is 19.9 Å². The van der Waals surface area contributed by atoms with Gasteiger partial charge in [0.1, 0.15) is 5.54 Å². The molecule has 2 aromatic heterocycles. The topological polar surface area (TPSA) is 93.2 Å². The molecule has 1 saturated heterocycles. The molecular formula is C16H18FN7S. The van der Waals surface area contributed by atoms with Crippen molar-refractivity contribution in [2.75, 3.05) is 23.7 Å². The molecule has 0 aromatic carbocycles. The molecule has 0 radical (unpaired) electrons. The first-order chi connectivity index (χ1) is 12.1. The van der Waals surface area contributed by atoms with Crippen molar-refractivity contribution >= 4 is 22.9 Å². The highest BCUT2D eigenvalue weighted by atomic mass is 32.2. The lowest BCUT2D eigenvalue weighted by Crippen LogP contribution is -2.40. The van der Waals surface area contributed by atoms with Crippen molar-refractivity contribution < 1.29 is 4.39 Å². The van der Waals surface area contributed by atoms with E-state index < -0.39 is 5.54 Å². The van der Waals surface area contributed by atoms with Gasteiger partial charge >= 0.3 is 0 Å². The number of halogens is 1. The molecule has 4 heterocycles. The average molecular weight is 359 g/mol. The Kier molecular flexibility index (Phi) is 4.03. The number of aryl methyl sites for hydroxylation is 1. The molecule has 4 rings (SSSR count). The van der Waals surface area contributed by atoms with Crippen molar-refractivity contribution in [3.8, 4) is 0 Å². The number of hydrogen-bond acceptors (Lipinski definition) is 8. The zero-order valence-electron chi connectivity index (χ0n) is 13.8. The van der Waals surface area contributed by atoms with Gasteiger partial charge in [0.05, 0.1) is 30.3 Å². The Balaban J connectivity index is 1.74. The second-order valence-electron chi connectivity index (χ2n) is 6.17. The third kappa shape index (κ3) is 2.72. The number of nitrogens with two attached hydrogens (primary N) is 1. The highest BCUT2D eigenvalue weighted by molar-refractivity contribution is 8.13. The molecule has 2 N–H and O–H groups in total. The first-order valence-corrected chi connectivity index (χ1v) is 9.12. The minimum atomic E-state index is -0.562. The molecule has 0 spiro atoms. The number of thioether (sulfide) groups is 1. The number of rotatable bonds is 3. The minimum absolute atomic E-state index is 0.209. The molecule has 25 heavy (non-hydrogen) atoms. The summed E-state index contributed by atoms with van der Waals surface area (Å²) in [5.41, 5.74) is 6.68. The first kappa shape index (κ1) is 16.2. The molecule has 2 aliphatic rings. The summed E-state index contributed by atoms with van der Waals surface area (Å²) in [6.07, 6.45) is 6.82. The molecule has 2 aliphatic heterocycles. The van der Waals surface area contributed by atoms with E-state index in [1.54, 1.807) is 30.4 Å². The second-order valence-corrected chi connectivity index (χ2v) is 7.21. The van der Waals surface area contributed by atoms with Gasteiger partial charge in [0.25, 0.3) is 0 Å². The maximum Gasteiger partial charge on any atom is 0.225 e. The third-order valence-electron chi connectivity index (χ3n) is 4.72. The van der Waals surface area contributed by atoms with Crippen molar-refractivity contribution in [3.05, 3.63) is 42.0 Å². The number of aromatic nitrogens is 4. The van der Waals surface area contributed by atoms with Crippen LogP contribution in [-0.2, 0) is 12.0 Å². The van der Waals surface area contributed by atoms with E-state index >= 15 is 0 Å². The lowest BCUT2D eigenvalue weighted by molar-refractivity contribution is 0.375. The van der Waals surface area contributed by atoms with Crippen LogP contribution in [0.1, 0.15) is 18.3 Å². The fourth-order valence-corrected chi connectivity index (χ4v) is 4.43. The largest absolute Gasteiger partial charge is 0.379 e. The molecular weight excluding hydrogens is 341 g/mol. The summed E-state index contributed by atoms with van der Waals surface area (Å²) in [7, 11) is 0. The van der Waals surface area contributed by atoms with Crippen molar-refractivity contribution in [2.45, 2.75) is 18.9 Å². The summed E-state index contributed by atoms with van der Waals surface area (Å²) >= 11 is 1.55. The second kappa shape index (κ2) is 6.21. The number of aliphatic imine (C=N–C) groups is 1. The van der Waals surface area contributed by atoms with Crippen LogP contribution in [0, 0.1) is 11.7 Å². The Labute approximate surface area is 149 Å². The van der Waals surface area contributed by atoms with Crippen LogP contribution in [0.3, 0.4) is 0 Å². The van der Waals surface area contributed by atoms with E-state index in [1.807, 2.05) is 11.8 Å². The summed E-state index contributed by atoms with van der Waals surface area (Å²) in [5.74, 6) is 1.20. The van der Waals surface area contributed by atoms with Crippen molar-refractivity contribution in [1.29, 1.82) is 0 Å². The van der Waals surface area contributed by atoms with E-state index in [9.17, 15) is 4.39 Å². The summed E-state index contributed by atoms with van der Waals surface area (Å²) in [6.45, 7) is 3.14. The predicted octanol–water partition coefficient (Wildman–Crippen LogP) is 1.36. The highest BCUT2D eigenvalue weighted by Gasteiger charge is 2.52. The maximum atomic E-state index is 13.7. The molecule has 1 fully saturated rings. The van der Waals surface area contributed by atoms with Crippen LogP contribution in [-0.4, -0.2) is 43.9 Å². The Morgan fingerprint density at radius 3 is 3.00 bits per heavy atom. The third-order valence-corrected chi connectivity index (χ3v) is 5.67. The van der Waals surface area contributed by atoms with Gasteiger partial charge in [-0.05, 0) is 6.42 Å². The van der Waals surface area contributed by atoms with Gasteiger partial charge in [-0.25, -0.2) is 19.4 Å². The maximum absolute atomic E-state index is 13.7. The van der Waals surface area contributed by atoms with Gasteiger partial charge in [0.2, 0.25) is 5.95 Å². The molecule has 7 nitrogen and oxygen atoms in total. The Hall–Kier alpha value is -2.29. The van der Waals surface area contributed by atoms with Gasteiger partial charge in [-0.2, -0.15) is 0 Å². The Bertz CT molecular complexity index is 815. The van der Waals surface area contributed by atoms with Gasteiger partial charge in [-0.1, -0.05) is 18.7 Å². The van der Waals surface area contributed by atoms with Gasteiger partial charge in [-0.3, -0.25) is 9.97 Å². The van der Waals surface area contributed by atoms with E-state index in [0.29, 0.717) is 29.8 Å². The molecule has 0 aliphatic carbocycles. The quantitative estimate of drug-likeness (QED) is 0.884. The summed E-state index contributed by atoms with van der Waals surface area (Å²) in [6, 6.07) is 0. The van der Waals surface area contributed by atoms with Crippen LogP contribution in [0.15, 0.2) is 29.8 Å². The van der Waals surface area contributed by atoms with Gasteiger partial charge in [-0.15, -0.1) is 0 Å². The molecule has 2 atom stereocenters. The molecule has 0 bridgehead atoms. The Morgan fingerprint density at radius 2 is 2.24 bits per heavy atom. The van der Waals surface area contributed by atoms with Gasteiger partial charge in [0, 0.05) is 30.6 Å². The van der Waals surface area contributed by atoms with Crippen LogP contribution in [0.2, 0.25) is 0 Å². The number of nitrogens with zero attached hydrogens (tertiary/aromatic N) is 6. The highest BCUT2D eigenvalue weighted by Crippen LogP contribution is 2.45. The summed E-state index contributed by atoms with van der Waals surface area (Å²) in [4.78, 5) is 24.1. The summed E-state index contributed by atoms with van der Waals surface area (Å²) < 4.78 is 13.7. The van der Waals surface area contributed by atoms with Crippen LogP contribution < -0.4 is 10.6 Å². The molecule has 0 unspecified atom stereocenters. The van der Waals surface area contributed by atoms with E-state index in [-0.39, 0.29) is 11.7 Å². The lowest BCUT2D eigenvalue weighted by atomic mass is 9.86.